The van der Waals surface area contributed by atoms with E-state index in [4.69, 9.17) is 24.2 Å². The van der Waals surface area contributed by atoms with Crippen molar-refractivity contribution in [1.29, 1.82) is 0 Å². The average Bonchev–Trinajstić information content (AvgIpc) is 3.03. The molecule has 1 heterocycles. The zero-order valence-electron chi connectivity index (χ0n) is 23.3. The zero-order chi connectivity index (χ0) is 29.6. The average molecular weight is 566 g/mol. The van der Waals surface area contributed by atoms with Crippen LogP contribution < -0.4 is 14.8 Å². The summed E-state index contributed by atoms with van der Waals surface area (Å²) in [6, 6.07) is 25.6. The zero-order valence-corrected chi connectivity index (χ0v) is 23.3. The summed E-state index contributed by atoms with van der Waals surface area (Å²) in [6.45, 7) is 1.70. The quantitative estimate of drug-likeness (QED) is 0.199. The molecule has 0 radical (unpaired) electrons. The van der Waals surface area contributed by atoms with Crippen molar-refractivity contribution in [2.75, 3.05) is 19.5 Å². The van der Waals surface area contributed by atoms with Gasteiger partial charge in [0.1, 0.15) is 17.3 Å². The Hall–Kier alpha value is -5.31. The predicted octanol–water partition coefficient (Wildman–Crippen LogP) is 6.69. The number of amides is 1. The number of carbonyl (C=O) groups is 2. The minimum atomic E-state index is -1.12. The summed E-state index contributed by atoms with van der Waals surface area (Å²) in [6.07, 6.45) is -0.919. The van der Waals surface area contributed by atoms with Gasteiger partial charge < -0.3 is 19.5 Å². The highest BCUT2D eigenvalue weighted by atomic mass is 19.1. The summed E-state index contributed by atoms with van der Waals surface area (Å²) in [5, 5.41) is 2.48. The van der Waals surface area contributed by atoms with Crippen molar-refractivity contribution in [3.05, 3.63) is 102 Å². The van der Waals surface area contributed by atoms with Crippen molar-refractivity contribution >= 4 is 28.6 Å². The minimum absolute atomic E-state index is 0.0108. The molecule has 1 aromatic heterocycles. The fourth-order valence-electron chi connectivity index (χ4n) is 4.38. The van der Waals surface area contributed by atoms with Gasteiger partial charge in [-0.3, -0.25) is 4.79 Å². The monoisotopic (exact) mass is 565 g/mol. The molecular formula is C33H28FN3O5. The fraction of sp³-hybridized carbons (Fsp3) is 0.152. The molecule has 0 fully saturated rings. The Balaban J connectivity index is 1.47. The Morgan fingerprint density at radius 1 is 0.786 bits per heavy atom. The Bertz CT molecular complexity index is 1740. The van der Waals surface area contributed by atoms with Crippen molar-refractivity contribution in [3.63, 3.8) is 0 Å². The minimum Gasteiger partial charge on any atom is -0.497 e. The van der Waals surface area contributed by atoms with Crippen LogP contribution in [-0.4, -0.2) is 42.2 Å². The van der Waals surface area contributed by atoms with Crippen LogP contribution in [0.2, 0.25) is 0 Å². The molecule has 1 N–H and O–H groups in total. The molecule has 4 aromatic carbocycles. The van der Waals surface area contributed by atoms with E-state index < -0.39 is 23.8 Å². The van der Waals surface area contributed by atoms with Gasteiger partial charge >= 0.3 is 5.97 Å². The second kappa shape index (κ2) is 12.5. The van der Waals surface area contributed by atoms with E-state index in [1.807, 2.05) is 48.5 Å². The number of hydrogen-bond donors (Lipinski definition) is 1. The van der Waals surface area contributed by atoms with E-state index in [1.165, 1.54) is 18.2 Å². The number of methoxy groups -OCH3 is 2. The van der Waals surface area contributed by atoms with E-state index in [2.05, 4.69) is 5.32 Å². The first kappa shape index (κ1) is 28.2. The van der Waals surface area contributed by atoms with Crippen LogP contribution in [0.5, 0.6) is 11.5 Å². The molecule has 42 heavy (non-hydrogen) atoms. The van der Waals surface area contributed by atoms with Gasteiger partial charge in [0, 0.05) is 11.1 Å². The maximum Gasteiger partial charge on any atom is 0.338 e. The van der Waals surface area contributed by atoms with Crippen LogP contribution in [0.3, 0.4) is 0 Å². The molecule has 0 saturated heterocycles. The molecule has 0 bridgehead atoms. The molecule has 212 valence electrons. The Morgan fingerprint density at radius 3 is 1.90 bits per heavy atom. The van der Waals surface area contributed by atoms with Crippen LogP contribution in [0.1, 0.15) is 23.7 Å². The van der Waals surface area contributed by atoms with Crippen molar-refractivity contribution in [3.8, 4) is 34.0 Å². The smallest absolute Gasteiger partial charge is 0.338 e. The molecule has 9 heteroatoms. The third kappa shape index (κ3) is 6.05. The van der Waals surface area contributed by atoms with E-state index in [9.17, 15) is 14.0 Å². The normalized spacial score (nSPS) is 11.5. The van der Waals surface area contributed by atoms with Gasteiger partial charge in [-0.2, -0.15) is 0 Å². The van der Waals surface area contributed by atoms with E-state index in [-0.39, 0.29) is 17.7 Å². The Labute approximate surface area is 242 Å². The number of rotatable bonds is 9. The number of nitrogens with zero attached hydrogens (tertiary/aromatic N) is 2. The van der Waals surface area contributed by atoms with Crippen LogP contribution in [0.15, 0.2) is 91.0 Å². The number of fused-ring (bicyclic) bond motifs is 1. The van der Waals surface area contributed by atoms with Crippen LogP contribution in [0.4, 0.5) is 10.1 Å². The van der Waals surface area contributed by atoms with Crippen molar-refractivity contribution < 1.29 is 28.2 Å². The second-order valence-corrected chi connectivity index (χ2v) is 9.35. The van der Waals surface area contributed by atoms with Crippen LogP contribution >= 0.6 is 0 Å². The lowest BCUT2D eigenvalue weighted by Gasteiger charge is -2.17. The summed E-state index contributed by atoms with van der Waals surface area (Å²) in [4.78, 5) is 35.6. The highest BCUT2D eigenvalue weighted by molar-refractivity contribution is 5.99. The Morgan fingerprint density at radius 2 is 1.36 bits per heavy atom. The maximum absolute atomic E-state index is 14.0. The summed E-state index contributed by atoms with van der Waals surface area (Å²) in [7, 11) is 3.20. The summed E-state index contributed by atoms with van der Waals surface area (Å²) in [5.74, 6) is -0.494. The molecule has 5 aromatic rings. The molecule has 1 atom stereocenters. The van der Waals surface area contributed by atoms with E-state index >= 15 is 0 Å². The van der Waals surface area contributed by atoms with Gasteiger partial charge in [0.25, 0.3) is 5.91 Å². The first-order valence-electron chi connectivity index (χ1n) is 13.3. The van der Waals surface area contributed by atoms with Gasteiger partial charge in [-0.15, -0.1) is 0 Å². The molecule has 0 spiro atoms. The molecule has 5 rings (SSSR count). The number of esters is 1. The number of carbonyl (C=O) groups excluding carboxylic acids is 2. The first-order chi connectivity index (χ1) is 20.4. The molecular weight excluding hydrogens is 537 g/mol. The van der Waals surface area contributed by atoms with Gasteiger partial charge in [-0.1, -0.05) is 19.1 Å². The Kier molecular flexibility index (Phi) is 8.38. The van der Waals surface area contributed by atoms with E-state index in [0.29, 0.717) is 28.2 Å². The maximum atomic E-state index is 14.0. The standard InChI is InChI=1S/C33H28FN3O5/c1-4-29(32(38)37-26-8-6-5-7-25(26)34)42-33(39)22-13-18-27-28(19-22)36-31(21-11-16-24(41-3)17-12-21)30(35-27)20-9-14-23(40-2)15-10-20/h5-19,29H,4H2,1-3H3,(H,37,38). The number of anilines is 1. The van der Waals surface area contributed by atoms with Crippen LogP contribution in [-0.2, 0) is 9.53 Å². The van der Waals surface area contributed by atoms with Gasteiger partial charge in [-0.05, 0) is 85.3 Å². The number of nitrogens with one attached hydrogen (secondary N) is 1. The molecule has 8 nitrogen and oxygen atoms in total. The van der Waals surface area contributed by atoms with Crippen LogP contribution in [0.25, 0.3) is 33.5 Å². The number of ether oxygens (including phenoxy) is 3. The molecule has 1 amide bonds. The summed E-state index contributed by atoms with van der Waals surface area (Å²) >= 11 is 0. The van der Waals surface area contributed by atoms with Crippen molar-refractivity contribution in [2.45, 2.75) is 19.4 Å². The molecule has 0 aliphatic carbocycles. The first-order valence-corrected chi connectivity index (χ1v) is 13.3. The third-order valence-corrected chi connectivity index (χ3v) is 6.67. The number of halogens is 1. The van der Waals surface area contributed by atoms with Gasteiger partial charge in [0.2, 0.25) is 0 Å². The van der Waals surface area contributed by atoms with E-state index in [1.54, 1.807) is 45.4 Å². The number of benzene rings is 4. The van der Waals surface area contributed by atoms with Crippen molar-refractivity contribution in [1.82, 2.24) is 9.97 Å². The number of hydrogen-bond acceptors (Lipinski definition) is 7. The molecule has 0 saturated carbocycles. The van der Waals surface area contributed by atoms with Gasteiger partial charge in [0.15, 0.2) is 6.10 Å². The molecule has 1 unspecified atom stereocenters. The largest absolute Gasteiger partial charge is 0.497 e. The summed E-state index contributed by atoms with van der Waals surface area (Å²) < 4.78 is 30.1. The lowest BCUT2D eigenvalue weighted by molar-refractivity contribution is -0.124. The summed E-state index contributed by atoms with van der Waals surface area (Å²) in [5.41, 5.74) is 4.16. The van der Waals surface area contributed by atoms with Crippen LogP contribution in [0, 0.1) is 5.82 Å². The van der Waals surface area contributed by atoms with E-state index in [0.717, 1.165) is 16.9 Å². The second-order valence-electron chi connectivity index (χ2n) is 9.35. The topological polar surface area (TPSA) is 99.6 Å². The highest BCUT2D eigenvalue weighted by Crippen LogP contribution is 2.33. The number of aromatic nitrogens is 2. The third-order valence-electron chi connectivity index (χ3n) is 6.67. The molecule has 0 aliphatic rings. The van der Waals surface area contributed by atoms with Crippen molar-refractivity contribution in [2.24, 2.45) is 0 Å². The highest BCUT2D eigenvalue weighted by Gasteiger charge is 2.24. The number of para-hydroxylation sites is 1. The molecule has 0 aliphatic heterocycles. The lowest BCUT2D eigenvalue weighted by atomic mass is 10.0. The van der Waals surface area contributed by atoms with Gasteiger partial charge in [0.05, 0.1) is 47.9 Å². The predicted molar refractivity (Wildman–Crippen MR) is 158 cm³/mol. The van der Waals surface area contributed by atoms with Gasteiger partial charge in [-0.25, -0.2) is 19.2 Å². The fourth-order valence-corrected chi connectivity index (χ4v) is 4.38. The SMILES string of the molecule is CCC(OC(=O)c1ccc2nc(-c3ccc(OC)cc3)c(-c3ccc(OC)cc3)nc2c1)C(=O)Nc1ccccc1F. The lowest BCUT2D eigenvalue weighted by Crippen LogP contribution is -2.32.